The lowest BCUT2D eigenvalue weighted by atomic mass is 10.1. The van der Waals surface area contributed by atoms with Crippen molar-refractivity contribution in [3.63, 3.8) is 0 Å². The van der Waals surface area contributed by atoms with Crippen molar-refractivity contribution in [3.8, 4) is 11.5 Å². The SMILES string of the molecule is Cc1ccc2oc(-c3cccc(N=C/C=C/c4ccccc4[N+](=O)[O-])c3C)nc2c1. The molecule has 0 saturated heterocycles. The predicted octanol–water partition coefficient (Wildman–Crippen LogP) is 6.44. The molecule has 0 aliphatic rings. The highest BCUT2D eigenvalue weighted by Gasteiger charge is 2.12. The van der Waals surface area contributed by atoms with E-state index in [0.29, 0.717) is 11.5 Å². The second-order valence-corrected chi connectivity index (χ2v) is 6.89. The van der Waals surface area contributed by atoms with Crippen LogP contribution in [0.5, 0.6) is 0 Å². The molecular formula is C24H19N3O3. The van der Waals surface area contributed by atoms with E-state index in [4.69, 9.17) is 4.42 Å². The Morgan fingerprint density at radius 2 is 1.90 bits per heavy atom. The van der Waals surface area contributed by atoms with Crippen molar-refractivity contribution in [2.24, 2.45) is 4.99 Å². The number of rotatable bonds is 5. The molecule has 0 aliphatic carbocycles. The smallest absolute Gasteiger partial charge is 0.276 e. The van der Waals surface area contributed by atoms with Gasteiger partial charge in [-0.2, -0.15) is 0 Å². The van der Waals surface area contributed by atoms with E-state index in [9.17, 15) is 10.1 Å². The van der Waals surface area contributed by atoms with E-state index in [-0.39, 0.29) is 5.69 Å². The van der Waals surface area contributed by atoms with Crippen molar-refractivity contribution in [1.82, 2.24) is 4.98 Å². The van der Waals surface area contributed by atoms with Gasteiger partial charge in [0, 0.05) is 17.8 Å². The Labute approximate surface area is 173 Å². The lowest BCUT2D eigenvalue weighted by Gasteiger charge is -2.04. The fourth-order valence-electron chi connectivity index (χ4n) is 3.21. The molecule has 1 aromatic heterocycles. The molecule has 4 aromatic rings. The summed E-state index contributed by atoms with van der Waals surface area (Å²) in [7, 11) is 0. The van der Waals surface area contributed by atoms with Gasteiger partial charge in [0.05, 0.1) is 16.2 Å². The average molecular weight is 397 g/mol. The number of hydrogen-bond acceptors (Lipinski definition) is 5. The molecule has 148 valence electrons. The Bertz CT molecular complexity index is 1300. The summed E-state index contributed by atoms with van der Waals surface area (Å²) in [5.74, 6) is 0.556. The van der Waals surface area contributed by atoms with Gasteiger partial charge in [-0.05, 0) is 67.5 Å². The van der Waals surface area contributed by atoms with Crippen LogP contribution in [0.15, 0.2) is 76.1 Å². The van der Waals surface area contributed by atoms with E-state index in [1.807, 2.05) is 50.2 Å². The van der Waals surface area contributed by atoms with Crippen molar-refractivity contribution >= 4 is 34.8 Å². The summed E-state index contributed by atoms with van der Waals surface area (Å²) in [4.78, 5) is 19.8. The maximum Gasteiger partial charge on any atom is 0.276 e. The van der Waals surface area contributed by atoms with Gasteiger partial charge in [0.25, 0.3) is 5.69 Å². The number of nitro benzene ring substituents is 1. The first-order valence-electron chi connectivity index (χ1n) is 9.44. The molecular weight excluding hydrogens is 378 g/mol. The normalized spacial score (nSPS) is 11.7. The van der Waals surface area contributed by atoms with Crippen LogP contribution in [0, 0.1) is 24.0 Å². The van der Waals surface area contributed by atoms with Gasteiger partial charge >= 0.3 is 0 Å². The van der Waals surface area contributed by atoms with E-state index in [1.54, 1.807) is 36.6 Å². The number of para-hydroxylation sites is 1. The van der Waals surface area contributed by atoms with E-state index in [2.05, 4.69) is 9.98 Å². The van der Waals surface area contributed by atoms with Crippen LogP contribution in [0.4, 0.5) is 11.4 Å². The maximum absolute atomic E-state index is 11.1. The summed E-state index contributed by atoms with van der Waals surface area (Å²) in [5.41, 5.74) is 5.88. The number of hydrogen-bond donors (Lipinski definition) is 0. The highest BCUT2D eigenvalue weighted by molar-refractivity contribution is 5.83. The summed E-state index contributed by atoms with van der Waals surface area (Å²) in [6.07, 6.45) is 4.99. The maximum atomic E-state index is 11.1. The number of aromatic nitrogens is 1. The lowest BCUT2D eigenvalue weighted by Crippen LogP contribution is -1.90. The average Bonchev–Trinajstić information content (AvgIpc) is 3.15. The zero-order valence-electron chi connectivity index (χ0n) is 16.6. The fourth-order valence-corrected chi connectivity index (χ4v) is 3.21. The van der Waals surface area contributed by atoms with E-state index < -0.39 is 4.92 Å². The van der Waals surface area contributed by atoms with Crippen molar-refractivity contribution in [2.45, 2.75) is 13.8 Å². The van der Waals surface area contributed by atoms with Gasteiger partial charge in [0.1, 0.15) is 5.52 Å². The molecule has 0 atom stereocenters. The number of allylic oxidation sites excluding steroid dienone is 1. The number of fused-ring (bicyclic) bond motifs is 1. The standard InChI is InChI=1S/C24H19N3O3/c1-16-12-13-23-21(15-16)26-24(30-23)19-9-5-10-20(17(19)2)25-14-6-8-18-7-3-4-11-22(18)27(28)29/h3-15H,1-2H3/b8-6+,25-14?. The first-order valence-corrected chi connectivity index (χ1v) is 9.44. The largest absolute Gasteiger partial charge is 0.436 e. The van der Waals surface area contributed by atoms with Crippen LogP contribution >= 0.6 is 0 Å². The Balaban J connectivity index is 1.61. The monoisotopic (exact) mass is 397 g/mol. The highest BCUT2D eigenvalue weighted by Crippen LogP contribution is 2.32. The molecule has 0 radical (unpaired) electrons. The lowest BCUT2D eigenvalue weighted by molar-refractivity contribution is -0.385. The molecule has 6 heteroatoms. The third-order valence-electron chi connectivity index (χ3n) is 4.79. The summed E-state index contributed by atoms with van der Waals surface area (Å²) in [5, 5.41) is 11.1. The van der Waals surface area contributed by atoms with Crippen LogP contribution in [0.25, 0.3) is 28.6 Å². The zero-order valence-corrected chi connectivity index (χ0v) is 16.6. The fraction of sp³-hybridized carbons (Fsp3) is 0.0833. The number of oxazole rings is 1. The Kier molecular flexibility index (Phi) is 5.22. The molecule has 0 spiro atoms. The minimum atomic E-state index is -0.397. The number of nitro groups is 1. The van der Waals surface area contributed by atoms with Gasteiger partial charge in [-0.3, -0.25) is 15.1 Å². The molecule has 3 aromatic carbocycles. The number of aryl methyl sites for hydroxylation is 1. The summed E-state index contributed by atoms with van der Waals surface area (Å²) >= 11 is 0. The molecule has 1 heterocycles. The Hall–Kier alpha value is -4.06. The highest BCUT2D eigenvalue weighted by atomic mass is 16.6. The molecule has 0 aliphatic heterocycles. The van der Waals surface area contributed by atoms with Crippen molar-refractivity contribution in [2.75, 3.05) is 0 Å². The number of benzene rings is 3. The van der Waals surface area contributed by atoms with Gasteiger partial charge in [-0.1, -0.05) is 24.3 Å². The predicted molar refractivity (Wildman–Crippen MR) is 119 cm³/mol. The third kappa shape index (κ3) is 3.89. The molecule has 0 saturated carbocycles. The topological polar surface area (TPSA) is 81.5 Å². The Morgan fingerprint density at radius 3 is 2.73 bits per heavy atom. The van der Waals surface area contributed by atoms with Gasteiger partial charge in [-0.25, -0.2) is 4.98 Å². The molecule has 0 fully saturated rings. The molecule has 0 unspecified atom stereocenters. The summed E-state index contributed by atoms with van der Waals surface area (Å²) in [6, 6.07) is 18.3. The quantitative estimate of drug-likeness (QED) is 0.220. The van der Waals surface area contributed by atoms with Crippen LogP contribution in [0.1, 0.15) is 16.7 Å². The van der Waals surface area contributed by atoms with Gasteiger partial charge < -0.3 is 4.42 Å². The van der Waals surface area contributed by atoms with Crippen LogP contribution in [0.3, 0.4) is 0 Å². The van der Waals surface area contributed by atoms with Crippen molar-refractivity contribution < 1.29 is 9.34 Å². The molecule has 0 N–H and O–H groups in total. The van der Waals surface area contributed by atoms with Gasteiger partial charge in [-0.15, -0.1) is 0 Å². The third-order valence-corrected chi connectivity index (χ3v) is 4.79. The molecule has 6 nitrogen and oxygen atoms in total. The molecule has 4 rings (SSSR count). The second kappa shape index (κ2) is 8.13. The van der Waals surface area contributed by atoms with Crippen LogP contribution < -0.4 is 0 Å². The van der Waals surface area contributed by atoms with Crippen LogP contribution in [-0.2, 0) is 0 Å². The Morgan fingerprint density at radius 1 is 1.07 bits per heavy atom. The summed E-state index contributed by atoms with van der Waals surface area (Å²) in [6.45, 7) is 3.99. The zero-order chi connectivity index (χ0) is 21.1. The minimum absolute atomic E-state index is 0.0616. The number of aliphatic imine (C=N–C) groups is 1. The minimum Gasteiger partial charge on any atom is -0.436 e. The first-order chi connectivity index (χ1) is 14.5. The van der Waals surface area contributed by atoms with E-state index in [1.165, 1.54) is 6.07 Å². The second-order valence-electron chi connectivity index (χ2n) is 6.89. The molecule has 30 heavy (non-hydrogen) atoms. The number of nitrogens with zero attached hydrogens (tertiary/aromatic N) is 3. The van der Waals surface area contributed by atoms with E-state index >= 15 is 0 Å². The van der Waals surface area contributed by atoms with E-state index in [0.717, 1.165) is 33.5 Å². The van der Waals surface area contributed by atoms with Crippen molar-refractivity contribution in [3.05, 3.63) is 93.5 Å². The first kappa shape index (κ1) is 19.3. The molecule has 0 amide bonds. The van der Waals surface area contributed by atoms with Crippen LogP contribution in [-0.4, -0.2) is 16.1 Å². The van der Waals surface area contributed by atoms with Gasteiger partial charge in [0.2, 0.25) is 5.89 Å². The van der Waals surface area contributed by atoms with Crippen LogP contribution in [0.2, 0.25) is 0 Å². The van der Waals surface area contributed by atoms with Crippen molar-refractivity contribution in [1.29, 1.82) is 0 Å². The van der Waals surface area contributed by atoms with Gasteiger partial charge in [0.15, 0.2) is 5.58 Å². The molecule has 0 bridgehead atoms. The summed E-state index contributed by atoms with van der Waals surface area (Å²) < 4.78 is 5.92.